The van der Waals surface area contributed by atoms with Gasteiger partial charge in [-0.25, -0.2) is 0 Å². The molecule has 0 fully saturated rings. The molecule has 8 heteroatoms. The van der Waals surface area contributed by atoms with E-state index in [0.29, 0.717) is 22.4 Å². The van der Waals surface area contributed by atoms with Gasteiger partial charge in [-0.3, -0.25) is 19.2 Å². The monoisotopic (exact) mass is 445 g/mol. The highest BCUT2D eigenvalue weighted by Crippen LogP contribution is 2.16. The Morgan fingerprint density at radius 1 is 0.758 bits per heavy atom. The van der Waals surface area contributed by atoms with Gasteiger partial charge in [0.2, 0.25) is 5.91 Å². The van der Waals surface area contributed by atoms with Crippen molar-refractivity contribution in [2.24, 2.45) is 0 Å². The molecule has 0 aliphatic rings. The second-order valence-electron chi connectivity index (χ2n) is 7.06. The minimum Gasteiger partial charge on any atom is -0.427 e. The molecule has 0 atom stereocenters. The number of hydrogen-bond donors (Lipinski definition) is 3. The molecular formula is C25H23N3O5. The Morgan fingerprint density at radius 2 is 1.42 bits per heavy atom. The van der Waals surface area contributed by atoms with Gasteiger partial charge in [-0.15, -0.1) is 0 Å². The molecule has 0 aliphatic heterocycles. The van der Waals surface area contributed by atoms with Gasteiger partial charge >= 0.3 is 5.97 Å². The number of esters is 1. The summed E-state index contributed by atoms with van der Waals surface area (Å²) in [5.41, 5.74) is 2.00. The molecule has 3 rings (SSSR count). The van der Waals surface area contributed by atoms with Crippen molar-refractivity contribution in [1.29, 1.82) is 0 Å². The van der Waals surface area contributed by atoms with E-state index in [0.717, 1.165) is 0 Å². The average Bonchev–Trinajstić information content (AvgIpc) is 2.82. The Bertz CT molecular complexity index is 1160. The largest absolute Gasteiger partial charge is 0.427 e. The van der Waals surface area contributed by atoms with Crippen molar-refractivity contribution in [2.75, 3.05) is 11.9 Å². The van der Waals surface area contributed by atoms with Crippen molar-refractivity contribution in [3.63, 3.8) is 0 Å². The third-order valence-corrected chi connectivity index (χ3v) is 4.53. The molecule has 0 saturated heterocycles. The molecule has 0 aliphatic carbocycles. The van der Waals surface area contributed by atoms with Crippen LogP contribution in [-0.2, 0) is 16.1 Å². The lowest BCUT2D eigenvalue weighted by atomic mass is 10.1. The topological polar surface area (TPSA) is 114 Å². The molecule has 0 unspecified atom stereocenters. The van der Waals surface area contributed by atoms with E-state index >= 15 is 0 Å². The number of benzene rings is 3. The van der Waals surface area contributed by atoms with Gasteiger partial charge in [-0.05, 0) is 42.0 Å². The first-order valence-corrected chi connectivity index (χ1v) is 10.2. The summed E-state index contributed by atoms with van der Waals surface area (Å²) in [4.78, 5) is 48.0. The summed E-state index contributed by atoms with van der Waals surface area (Å²) in [6.45, 7) is 1.24. The molecular weight excluding hydrogens is 422 g/mol. The van der Waals surface area contributed by atoms with Crippen molar-refractivity contribution in [3.05, 3.63) is 95.6 Å². The highest BCUT2D eigenvalue weighted by Gasteiger charge is 2.12. The molecule has 0 saturated carbocycles. The minimum absolute atomic E-state index is 0.156. The molecule has 33 heavy (non-hydrogen) atoms. The first-order chi connectivity index (χ1) is 15.9. The van der Waals surface area contributed by atoms with Gasteiger partial charge in [0, 0.05) is 30.3 Å². The number of ether oxygens (including phenoxy) is 1. The summed E-state index contributed by atoms with van der Waals surface area (Å²) in [7, 11) is 0. The second kappa shape index (κ2) is 11.2. The SMILES string of the molecule is CC(=O)Oc1cccc(C(=O)NCc2ccccc2NC(=O)CNC(=O)c2ccccc2)c1. The van der Waals surface area contributed by atoms with E-state index < -0.39 is 11.9 Å². The van der Waals surface area contributed by atoms with Crippen LogP contribution < -0.4 is 20.7 Å². The van der Waals surface area contributed by atoms with Crippen LogP contribution in [-0.4, -0.2) is 30.2 Å². The number of para-hydroxylation sites is 1. The van der Waals surface area contributed by atoms with E-state index in [1.807, 2.05) is 0 Å². The van der Waals surface area contributed by atoms with Crippen LogP contribution in [0, 0.1) is 0 Å². The third kappa shape index (κ3) is 7.03. The normalized spacial score (nSPS) is 10.1. The summed E-state index contributed by atoms with van der Waals surface area (Å²) in [6.07, 6.45) is 0. The molecule has 3 aromatic rings. The van der Waals surface area contributed by atoms with Crippen molar-refractivity contribution >= 4 is 29.4 Å². The molecule has 0 aromatic heterocycles. The molecule has 0 heterocycles. The lowest BCUT2D eigenvalue weighted by Gasteiger charge is -2.13. The zero-order valence-electron chi connectivity index (χ0n) is 18.0. The molecule has 3 aromatic carbocycles. The Hall–Kier alpha value is -4.46. The highest BCUT2D eigenvalue weighted by atomic mass is 16.5. The molecule has 0 radical (unpaired) electrons. The van der Waals surface area contributed by atoms with Crippen LogP contribution in [0.2, 0.25) is 0 Å². The van der Waals surface area contributed by atoms with Gasteiger partial charge < -0.3 is 20.7 Å². The first kappa shape index (κ1) is 23.2. The van der Waals surface area contributed by atoms with Gasteiger partial charge in [-0.2, -0.15) is 0 Å². The van der Waals surface area contributed by atoms with Gasteiger partial charge in [0.1, 0.15) is 5.75 Å². The number of carbonyl (C=O) groups is 4. The van der Waals surface area contributed by atoms with E-state index in [9.17, 15) is 19.2 Å². The van der Waals surface area contributed by atoms with Crippen LogP contribution in [0.4, 0.5) is 5.69 Å². The number of nitrogens with one attached hydrogen (secondary N) is 3. The Kier molecular flexibility index (Phi) is 7.91. The quantitative estimate of drug-likeness (QED) is 0.364. The fourth-order valence-electron chi connectivity index (χ4n) is 2.99. The van der Waals surface area contributed by atoms with E-state index in [-0.39, 0.29) is 30.7 Å². The van der Waals surface area contributed by atoms with Crippen LogP contribution in [0.25, 0.3) is 0 Å². The van der Waals surface area contributed by atoms with Gasteiger partial charge in [0.15, 0.2) is 0 Å². The van der Waals surface area contributed by atoms with Gasteiger partial charge in [0.05, 0.1) is 6.54 Å². The summed E-state index contributed by atoms with van der Waals surface area (Å²) in [5.74, 6) is -1.30. The number of anilines is 1. The summed E-state index contributed by atoms with van der Waals surface area (Å²) < 4.78 is 5.00. The van der Waals surface area contributed by atoms with E-state index in [4.69, 9.17) is 4.74 Å². The number of carbonyl (C=O) groups excluding carboxylic acids is 4. The van der Waals surface area contributed by atoms with Crippen molar-refractivity contribution in [3.8, 4) is 5.75 Å². The summed E-state index contributed by atoms with van der Waals surface area (Å²) in [5, 5.41) is 8.10. The van der Waals surface area contributed by atoms with E-state index in [1.165, 1.54) is 13.0 Å². The molecule has 168 valence electrons. The predicted molar refractivity (Wildman–Crippen MR) is 123 cm³/mol. The number of hydrogen-bond acceptors (Lipinski definition) is 5. The van der Waals surface area contributed by atoms with E-state index in [1.54, 1.807) is 72.8 Å². The summed E-state index contributed by atoms with van der Waals surface area (Å²) in [6, 6.07) is 21.9. The molecule has 0 spiro atoms. The van der Waals surface area contributed by atoms with Crippen molar-refractivity contribution < 1.29 is 23.9 Å². The Morgan fingerprint density at radius 3 is 2.18 bits per heavy atom. The Balaban J connectivity index is 1.56. The van der Waals surface area contributed by atoms with Crippen LogP contribution in [0.5, 0.6) is 5.75 Å². The standard InChI is InChI=1S/C25H23N3O5/c1-17(29)33-21-12-7-11-19(14-21)25(32)26-15-20-10-5-6-13-22(20)28-23(30)16-27-24(31)18-8-3-2-4-9-18/h2-14H,15-16H2,1H3,(H,26,32)(H,27,31)(H,28,30). The van der Waals surface area contributed by atoms with Crippen LogP contribution in [0.3, 0.4) is 0 Å². The van der Waals surface area contributed by atoms with Gasteiger partial charge in [0.25, 0.3) is 11.8 Å². The number of amides is 3. The summed E-state index contributed by atoms with van der Waals surface area (Å²) >= 11 is 0. The Labute approximate surface area is 191 Å². The first-order valence-electron chi connectivity index (χ1n) is 10.2. The molecule has 8 nitrogen and oxygen atoms in total. The minimum atomic E-state index is -0.475. The lowest BCUT2D eigenvalue weighted by molar-refractivity contribution is -0.131. The van der Waals surface area contributed by atoms with Crippen LogP contribution in [0.15, 0.2) is 78.9 Å². The maximum Gasteiger partial charge on any atom is 0.308 e. The predicted octanol–water partition coefficient (Wildman–Crippen LogP) is 2.91. The molecule has 0 bridgehead atoms. The zero-order chi connectivity index (χ0) is 23.6. The van der Waals surface area contributed by atoms with Crippen LogP contribution in [0.1, 0.15) is 33.2 Å². The van der Waals surface area contributed by atoms with Gasteiger partial charge in [-0.1, -0.05) is 42.5 Å². The fourth-order valence-corrected chi connectivity index (χ4v) is 2.99. The number of rotatable bonds is 8. The molecule has 3 amide bonds. The van der Waals surface area contributed by atoms with Crippen molar-refractivity contribution in [1.82, 2.24) is 10.6 Å². The zero-order valence-corrected chi connectivity index (χ0v) is 18.0. The van der Waals surface area contributed by atoms with E-state index in [2.05, 4.69) is 16.0 Å². The third-order valence-electron chi connectivity index (χ3n) is 4.53. The second-order valence-corrected chi connectivity index (χ2v) is 7.06. The maximum absolute atomic E-state index is 12.5. The fraction of sp³-hybridized carbons (Fsp3) is 0.120. The van der Waals surface area contributed by atoms with Crippen molar-refractivity contribution in [2.45, 2.75) is 13.5 Å². The molecule has 3 N–H and O–H groups in total. The highest BCUT2D eigenvalue weighted by molar-refractivity contribution is 5.99. The lowest BCUT2D eigenvalue weighted by Crippen LogP contribution is -2.33. The average molecular weight is 445 g/mol. The maximum atomic E-state index is 12.5. The smallest absolute Gasteiger partial charge is 0.308 e. The van der Waals surface area contributed by atoms with Crippen LogP contribution >= 0.6 is 0 Å².